The van der Waals surface area contributed by atoms with Crippen molar-refractivity contribution in [3.05, 3.63) is 21.9 Å². The standard InChI is InChI=1S/C15H28N2S/c1-6-13(16)15(14-9-8-12(5)18-14)17(7-2)10-11(3)4/h8-9,11,13,15H,6-7,10,16H2,1-5H3. The molecule has 3 heteroatoms. The second kappa shape index (κ2) is 7.27. The van der Waals surface area contributed by atoms with Gasteiger partial charge in [-0.1, -0.05) is 27.7 Å². The smallest absolute Gasteiger partial charge is 0.0593 e. The molecule has 1 rings (SSSR count). The Morgan fingerprint density at radius 2 is 1.94 bits per heavy atom. The first-order chi connectivity index (χ1) is 8.49. The number of nitrogens with zero attached hydrogens (tertiary/aromatic N) is 1. The maximum absolute atomic E-state index is 6.38. The molecule has 0 saturated heterocycles. The van der Waals surface area contributed by atoms with E-state index in [9.17, 15) is 0 Å². The highest BCUT2D eigenvalue weighted by Crippen LogP contribution is 2.31. The SMILES string of the molecule is CCC(N)C(c1ccc(C)s1)N(CC)CC(C)C. The van der Waals surface area contributed by atoms with Gasteiger partial charge in [0.05, 0.1) is 6.04 Å². The molecule has 0 radical (unpaired) electrons. The molecule has 2 atom stereocenters. The van der Waals surface area contributed by atoms with Gasteiger partial charge in [-0.05, 0) is 37.9 Å². The molecule has 2 nitrogen and oxygen atoms in total. The van der Waals surface area contributed by atoms with Crippen LogP contribution < -0.4 is 5.73 Å². The summed E-state index contributed by atoms with van der Waals surface area (Å²) in [6.45, 7) is 13.3. The molecule has 0 bridgehead atoms. The number of aryl methyl sites for hydroxylation is 1. The van der Waals surface area contributed by atoms with E-state index in [0.717, 1.165) is 19.5 Å². The summed E-state index contributed by atoms with van der Waals surface area (Å²) in [5.41, 5.74) is 6.38. The van der Waals surface area contributed by atoms with Crippen LogP contribution in [0.3, 0.4) is 0 Å². The summed E-state index contributed by atoms with van der Waals surface area (Å²) >= 11 is 1.89. The lowest BCUT2D eigenvalue weighted by molar-refractivity contribution is 0.162. The number of hydrogen-bond donors (Lipinski definition) is 1. The van der Waals surface area contributed by atoms with Crippen molar-refractivity contribution in [2.45, 2.75) is 53.1 Å². The van der Waals surface area contributed by atoms with E-state index in [1.165, 1.54) is 9.75 Å². The van der Waals surface area contributed by atoms with Crippen LogP contribution >= 0.6 is 11.3 Å². The molecule has 0 fully saturated rings. The van der Waals surface area contributed by atoms with Gasteiger partial charge in [0.2, 0.25) is 0 Å². The molecule has 0 amide bonds. The predicted molar refractivity (Wildman–Crippen MR) is 82.1 cm³/mol. The minimum Gasteiger partial charge on any atom is -0.326 e. The first kappa shape index (κ1) is 15.7. The summed E-state index contributed by atoms with van der Waals surface area (Å²) in [4.78, 5) is 5.33. The average Bonchev–Trinajstić information content (AvgIpc) is 2.73. The van der Waals surface area contributed by atoms with E-state index >= 15 is 0 Å². The van der Waals surface area contributed by atoms with E-state index in [1.54, 1.807) is 0 Å². The van der Waals surface area contributed by atoms with Crippen LogP contribution in [0, 0.1) is 12.8 Å². The molecule has 0 spiro atoms. The second-order valence-electron chi connectivity index (χ2n) is 5.45. The van der Waals surface area contributed by atoms with Crippen molar-refractivity contribution in [1.29, 1.82) is 0 Å². The minimum atomic E-state index is 0.224. The molecular formula is C15H28N2S. The zero-order valence-corrected chi connectivity index (χ0v) is 13.3. The van der Waals surface area contributed by atoms with Gasteiger partial charge in [0, 0.05) is 22.3 Å². The van der Waals surface area contributed by atoms with Crippen molar-refractivity contribution in [2.75, 3.05) is 13.1 Å². The summed E-state index contributed by atoms with van der Waals surface area (Å²) in [7, 11) is 0. The maximum atomic E-state index is 6.38. The van der Waals surface area contributed by atoms with Crippen molar-refractivity contribution in [1.82, 2.24) is 4.90 Å². The first-order valence-corrected chi connectivity index (χ1v) is 7.87. The molecular weight excluding hydrogens is 240 g/mol. The summed E-state index contributed by atoms with van der Waals surface area (Å²) in [5.74, 6) is 0.678. The maximum Gasteiger partial charge on any atom is 0.0593 e. The predicted octanol–water partition coefficient (Wildman–Crippen LogP) is 3.81. The highest BCUT2D eigenvalue weighted by atomic mass is 32.1. The number of hydrogen-bond acceptors (Lipinski definition) is 3. The summed E-state index contributed by atoms with van der Waals surface area (Å²) in [6, 6.07) is 5.06. The van der Waals surface area contributed by atoms with Gasteiger partial charge in [0.25, 0.3) is 0 Å². The van der Waals surface area contributed by atoms with Gasteiger partial charge in [-0.15, -0.1) is 11.3 Å². The second-order valence-corrected chi connectivity index (χ2v) is 6.77. The van der Waals surface area contributed by atoms with Gasteiger partial charge in [0.15, 0.2) is 0 Å². The monoisotopic (exact) mass is 268 g/mol. The van der Waals surface area contributed by atoms with E-state index in [2.05, 4.69) is 51.7 Å². The Bertz CT molecular complexity index is 346. The molecule has 1 aromatic rings. The number of likely N-dealkylation sites (N-methyl/N-ethyl adjacent to an activating group) is 1. The van der Waals surface area contributed by atoms with Crippen molar-refractivity contribution < 1.29 is 0 Å². The molecule has 2 unspecified atom stereocenters. The van der Waals surface area contributed by atoms with Gasteiger partial charge >= 0.3 is 0 Å². The van der Waals surface area contributed by atoms with Crippen LogP contribution in [0.1, 0.15) is 49.9 Å². The lowest BCUT2D eigenvalue weighted by atomic mass is 10.0. The third-order valence-electron chi connectivity index (χ3n) is 3.33. The summed E-state index contributed by atoms with van der Waals surface area (Å²) in [5, 5.41) is 0. The molecule has 18 heavy (non-hydrogen) atoms. The highest BCUT2D eigenvalue weighted by molar-refractivity contribution is 7.12. The third-order valence-corrected chi connectivity index (χ3v) is 4.40. The molecule has 1 aromatic heterocycles. The number of rotatable bonds is 7. The fourth-order valence-corrected chi connectivity index (χ4v) is 3.49. The van der Waals surface area contributed by atoms with Crippen LogP contribution in [0.5, 0.6) is 0 Å². The van der Waals surface area contributed by atoms with Crippen LogP contribution in [0.25, 0.3) is 0 Å². The van der Waals surface area contributed by atoms with E-state index < -0.39 is 0 Å². The third kappa shape index (κ3) is 4.08. The average molecular weight is 268 g/mol. The molecule has 0 aliphatic carbocycles. The lowest BCUT2D eigenvalue weighted by Gasteiger charge is -2.35. The van der Waals surface area contributed by atoms with Gasteiger partial charge in [0.1, 0.15) is 0 Å². The summed E-state index contributed by atoms with van der Waals surface area (Å²) < 4.78 is 0. The van der Waals surface area contributed by atoms with E-state index in [0.29, 0.717) is 12.0 Å². The Kier molecular flexibility index (Phi) is 6.33. The van der Waals surface area contributed by atoms with Crippen molar-refractivity contribution >= 4 is 11.3 Å². The van der Waals surface area contributed by atoms with Crippen LogP contribution in [-0.4, -0.2) is 24.0 Å². The minimum absolute atomic E-state index is 0.224. The topological polar surface area (TPSA) is 29.3 Å². The van der Waals surface area contributed by atoms with E-state index in [-0.39, 0.29) is 6.04 Å². The fraction of sp³-hybridized carbons (Fsp3) is 0.733. The highest BCUT2D eigenvalue weighted by Gasteiger charge is 2.26. The Morgan fingerprint density at radius 3 is 2.33 bits per heavy atom. The molecule has 0 aliphatic rings. The van der Waals surface area contributed by atoms with Crippen molar-refractivity contribution in [3.63, 3.8) is 0 Å². The summed E-state index contributed by atoms with van der Waals surface area (Å²) in [6.07, 6.45) is 1.02. The zero-order chi connectivity index (χ0) is 13.7. The van der Waals surface area contributed by atoms with Crippen LogP contribution in [-0.2, 0) is 0 Å². The van der Waals surface area contributed by atoms with Gasteiger partial charge < -0.3 is 5.73 Å². The largest absolute Gasteiger partial charge is 0.326 e. The van der Waals surface area contributed by atoms with E-state index in [4.69, 9.17) is 5.73 Å². The number of thiophene rings is 1. The Morgan fingerprint density at radius 1 is 1.28 bits per heavy atom. The van der Waals surface area contributed by atoms with Gasteiger partial charge in [-0.2, -0.15) is 0 Å². The molecule has 0 aromatic carbocycles. The molecule has 0 aliphatic heterocycles. The normalized spacial score (nSPS) is 15.3. The van der Waals surface area contributed by atoms with Crippen molar-refractivity contribution in [3.8, 4) is 0 Å². The fourth-order valence-electron chi connectivity index (χ4n) is 2.41. The van der Waals surface area contributed by atoms with Gasteiger partial charge in [-0.25, -0.2) is 0 Å². The van der Waals surface area contributed by atoms with E-state index in [1.807, 2.05) is 11.3 Å². The molecule has 1 heterocycles. The zero-order valence-electron chi connectivity index (χ0n) is 12.4. The molecule has 104 valence electrons. The van der Waals surface area contributed by atoms with Crippen LogP contribution in [0.15, 0.2) is 12.1 Å². The first-order valence-electron chi connectivity index (χ1n) is 7.05. The lowest BCUT2D eigenvalue weighted by Crippen LogP contribution is -2.42. The Labute approximate surface area is 116 Å². The van der Waals surface area contributed by atoms with Gasteiger partial charge in [-0.3, -0.25) is 4.90 Å². The molecule has 0 saturated carbocycles. The van der Waals surface area contributed by atoms with Crippen LogP contribution in [0.4, 0.5) is 0 Å². The Balaban J connectivity index is 2.96. The number of nitrogens with two attached hydrogens (primary N) is 1. The van der Waals surface area contributed by atoms with Crippen LogP contribution in [0.2, 0.25) is 0 Å². The Hall–Kier alpha value is -0.380. The quantitative estimate of drug-likeness (QED) is 0.814. The molecule has 2 N–H and O–H groups in total. The van der Waals surface area contributed by atoms with Crippen molar-refractivity contribution in [2.24, 2.45) is 11.7 Å².